The number of carbonyl (C=O) groups excluding carboxylic acids is 1. The van der Waals surface area contributed by atoms with Crippen molar-refractivity contribution in [2.24, 2.45) is 0 Å². The second-order valence-corrected chi connectivity index (χ2v) is 5.28. The van der Waals surface area contributed by atoms with Gasteiger partial charge < -0.3 is 10.4 Å². The molecule has 0 aliphatic heterocycles. The number of carbonyl (C=O) groups is 1. The first kappa shape index (κ1) is 12.9. The Hall–Kier alpha value is -1.13. The van der Waals surface area contributed by atoms with Gasteiger partial charge in [-0.3, -0.25) is 4.79 Å². The zero-order chi connectivity index (χ0) is 12.2. The van der Waals surface area contributed by atoms with Crippen molar-refractivity contribution < 1.29 is 9.90 Å². The van der Waals surface area contributed by atoms with E-state index in [1.165, 1.54) is 6.08 Å². The highest BCUT2D eigenvalue weighted by Crippen LogP contribution is 2.16. The number of hydrogen-bond acceptors (Lipinski definition) is 3. The first-order valence-electron chi connectivity index (χ1n) is 5.10. The Morgan fingerprint density at radius 3 is 2.81 bits per heavy atom. The Morgan fingerprint density at radius 2 is 2.31 bits per heavy atom. The van der Waals surface area contributed by atoms with Gasteiger partial charge in [-0.15, -0.1) is 11.3 Å². The first-order chi connectivity index (χ1) is 7.44. The van der Waals surface area contributed by atoms with E-state index in [4.69, 9.17) is 5.11 Å². The van der Waals surface area contributed by atoms with Crippen molar-refractivity contribution in [3.8, 4) is 0 Å². The molecule has 0 unspecified atom stereocenters. The van der Waals surface area contributed by atoms with Crippen molar-refractivity contribution in [2.45, 2.75) is 26.3 Å². The van der Waals surface area contributed by atoms with Gasteiger partial charge in [0.15, 0.2) is 0 Å². The van der Waals surface area contributed by atoms with Gasteiger partial charge in [-0.1, -0.05) is 0 Å². The number of amides is 1. The molecule has 2 N–H and O–H groups in total. The predicted molar refractivity (Wildman–Crippen MR) is 67.4 cm³/mol. The van der Waals surface area contributed by atoms with Crippen LogP contribution >= 0.6 is 11.3 Å². The van der Waals surface area contributed by atoms with Crippen LogP contribution in [0.2, 0.25) is 0 Å². The van der Waals surface area contributed by atoms with Crippen LogP contribution in [0.15, 0.2) is 17.5 Å². The summed E-state index contributed by atoms with van der Waals surface area (Å²) in [6.45, 7) is 5.47. The summed E-state index contributed by atoms with van der Waals surface area (Å²) in [5.74, 6) is -0.188. The van der Waals surface area contributed by atoms with Gasteiger partial charge in [0.2, 0.25) is 5.91 Å². The van der Waals surface area contributed by atoms with Crippen molar-refractivity contribution >= 4 is 23.3 Å². The number of nitrogens with one attached hydrogen (secondary N) is 1. The number of aryl methyl sites for hydroxylation is 1. The van der Waals surface area contributed by atoms with Crippen LogP contribution in [-0.4, -0.2) is 23.2 Å². The molecule has 0 saturated heterocycles. The van der Waals surface area contributed by atoms with E-state index in [1.807, 2.05) is 18.4 Å². The second kappa shape index (κ2) is 5.27. The molecule has 0 saturated carbocycles. The van der Waals surface area contributed by atoms with Crippen LogP contribution in [0.1, 0.15) is 24.3 Å². The zero-order valence-electron chi connectivity index (χ0n) is 9.78. The summed E-state index contributed by atoms with van der Waals surface area (Å²) in [6.07, 6.45) is 3.29. The molecule has 0 aliphatic rings. The van der Waals surface area contributed by atoms with Gasteiger partial charge in [-0.2, -0.15) is 0 Å². The second-order valence-electron chi connectivity index (χ2n) is 4.33. The van der Waals surface area contributed by atoms with E-state index in [1.54, 1.807) is 31.3 Å². The lowest BCUT2D eigenvalue weighted by atomic mass is 10.1. The van der Waals surface area contributed by atoms with Crippen LogP contribution in [0.5, 0.6) is 0 Å². The van der Waals surface area contributed by atoms with Crippen molar-refractivity contribution in [2.75, 3.05) is 6.61 Å². The molecule has 3 nitrogen and oxygen atoms in total. The number of rotatable bonds is 4. The molecule has 1 amide bonds. The lowest BCUT2D eigenvalue weighted by Gasteiger charge is -2.22. The zero-order valence-corrected chi connectivity index (χ0v) is 10.6. The number of thiophene rings is 1. The molecule has 0 aliphatic carbocycles. The molecule has 0 aromatic carbocycles. The van der Waals surface area contributed by atoms with Gasteiger partial charge in [0.05, 0.1) is 12.1 Å². The summed E-state index contributed by atoms with van der Waals surface area (Å²) in [4.78, 5) is 12.6. The number of hydrogen-bond donors (Lipinski definition) is 2. The van der Waals surface area contributed by atoms with Gasteiger partial charge in [0, 0.05) is 11.0 Å². The Labute approximate surface area is 99.8 Å². The van der Waals surface area contributed by atoms with Crippen LogP contribution in [0.4, 0.5) is 0 Å². The van der Waals surface area contributed by atoms with E-state index >= 15 is 0 Å². The van der Waals surface area contributed by atoms with E-state index in [0.29, 0.717) is 0 Å². The lowest BCUT2D eigenvalue weighted by Crippen LogP contribution is -2.45. The molecule has 1 heterocycles. The average molecular weight is 239 g/mol. The fourth-order valence-corrected chi connectivity index (χ4v) is 1.94. The summed E-state index contributed by atoms with van der Waals surface area (Å²) in [7, 11) is 0. The molecule has 1 rings (SSSR count). The van der Waals surface area contributed by atoms with E-state index in [0.717, 1.165) is 10.4 Å². The van der Waals surface area contributed by atoms with Crippen LogP contribution in [-0.2, 0) is 4.79 Å². The maximum atomic E-state index is 11.5. The molecule has 1 aromatic rings. The van der Waals surface area contributed by atoms with Crippen LogP contribution in [0.25, 0.3) is 6.08 Å². The maximum Gasteiger partial charge on any atom is 0.244 e. The van der Waals surface area contributed by atoms with Crippen LogP contribution < -0.4 is 5.32 Å². The molecule has 1 aromatic heterocycles. The van der Waals surface area contributed by atoms with Gasteiger partial charge in [-0.05, 0) is 43.9 Å². The van der Waals surface area contributed by atoms with Crippen molar-refractivity contribution in [3.05, 3.63) is 28.0 Å². The van der Waals surface area contributed by atoms with Crippen LogP contribution in [0, 0.1) is 6.92 Å². The molecular weight excluding hydrogens is 222 g/mol. The molecule has 4 heteroatoms. The van der Waals surface area contributed by atoms with Crippen molar-refractivity contribution in [3.63, 3.8) is 0 Å². The van der Waals surface area contributed by atoms with Crippen molar-refractivity contribution in [1.29, 1.82) is 0 Å². The summed E-state index contributed by atoms with van der Waals surface area (Å²) < 4.78 is 0. The minimum Gasteiger partial charge on any atom is -0.394 e. The predicted octanol–water partition coefficient (Wildman–Crippen LogP) is 1.96. The smallest absolute Gasteiger partial charge is 0.244 e. The molecule has 88 valence electrons. The summed E-state index contributed by atoms with van der Waals surface area (Å²) in [6, 6.07) is 2.01. The van der Waals surface area contributed by atoms with Crippen LogP contribution in [0.3, 0.4) is 0 Å². The fraction of sp³-hybridized carbons (Fsp3) is 0.417. The molecule has 0 spiro atoms. The third-order valence-electron chi connectivity index (χ3n) is 2.14. The fourth-order valence-electron chi connectivity index (χ4n) is 1.12. The quantitative estimate of drug-likeness (QED) is 0.789. The van der Waals surface area contributed by atoms with Gasteiger partial charge in [-0.25, -0.2) is 0 Å². The Morgan fingerprint density at radius 1 is 1.62 bits per heavy atom. The van der Waals surface area contributed by atoms with E-state index in [-0.39, 0.29) is 12.5 Å². The van der Waals surface area contributed by atoms with E-state index in [9.17, 15) is 4.79 Å². The standard InChI is InChI=1S/C12H17NO2S/c1-9-6-7-16-10(9)4-5-11(15)13-12(2,3)8-14/h4-7,14H,8H2,1-3H3,(H,13,15)/b5-4+. The molecular formula is C12H17NO2S. The molecule has 0 atom stereocenters. The SMILES string of the molecule is Cc1ccsc1/C=C/C(=O)NC(C)(C)CO. The first-order valence-corrected chi connectivity index (χ1v) is 5.98. The minimum atomic E-state index is -0.577. The summed E-state index contributed by atoms with van der Waals surface area (Å²) in [5.41, 5.74) is 0.585. The number of aliphatic hydroxyl groups excluding tert-OH is 1. The average Bonchev–Trinajstić information content (AvgIpc) is 2.60. The highest BCUT2D eigenvalue weighted by atomic mass is 32.1. The topological polar surface area (TPSA) is 49.3 Å². The highest BCUT2D eigenvalue weighted by Gasteiger charge is 2.17. The molecule has 0 radical (unpaired) electrons. The largest absolute Gasteiger partial charge is 0.394 e. The van der Waals surface area contributed by atoms with Gasteiger partial charge in [0.25, 0.3) is 0 Å². The molecule has 16 heavy (non-hydrogen) atoms. The van der Waals surface area contributed by atoms with Crippen molar-refractivity contribution in [1.82, 2.24) is 5.32 Å². The van der Waals surface area contributed by atoms with Gasteiger partial charge in [0.1, 0.15) is 0 Å². The molecule has 0 fully saturated rings. The third-order valence-corrected chi connectivity index (χ3v) is 3.13. The lowest BCUT2D eigenvalue weighted by molar-refractivity contribution is -0.118. The van der Waals surface area contributed by atoms with Gasteiger partial charge >= 0.3 is 0 Å². The summed E-state index contributed by atoms with van der Waals surface area (Å²) >= 11 is 1.60. The Bertz CT molecular complexity index is 393. The normalized spacial score (nSPS) is 12.0. The third kappa shape index (κ3) is 3.79. The highest BCUT2D eigenvalue weighted by molar-refractivity contribution is 7.11. The maximum absolute atomic E-state index is 11.5. The molecule has 0 bridgehead atoms. The Kier molecular flexibility index (Phi) is 4.26. The monoisotopic (exact) mass is 239 g/mol. The summed E-state index contributed by atoms with van der Waals surface area (Å²) in [5, 5.41) is 13.7. The van der Waals surface area contributed by atoms with E-state index in [2.05, 4.69) is 5.32 Å². The van der Waals surface area contributed by atoms with E-state index < -0.39 is 5.54 Å². The minimum absolute atomic E-state index is 0.0788. The number of aliphatic hydroxyl groups is 1. The Balaban J connectivity index is 2.59.